The molecule has 2 heteroatoms. The fraction of sp³-hybridized carbons (Fsp3) is 0.688. The lowest BCUT2D eigenvalue weighted by Crippen LogP contribution is -2.03. The summed E-state index contributed by atoms with van der Waals surface area (Å²) in [7, 11) is 0. The highest BCUT2D eigenvalue weighted by Crippen LogP contribution is 2.15. The minimum atomic E-state index is 0.828. The third-order valence-corrected chi connectivity index (χ3v) is 3.65. The summed E-state index contributed by atoms with van der Waals surface area (Å²) < 4.78 is 2.27. The van der Waals surface area contributed by atoms with Crippen LogP contribution in [0.25, 0.3) is 0 Å². The molecule has 0 aliphatic heterocycles. The molecule has 1 aromatic heterocycles. The van der Waals surface area contributed by atoms with Crippen molar-refractivity contribution in [2.24, 2.45) is 5.92 Å². The van der Waals surface area contributed by atoms with Gasteiger partial charge in [0.15, 0.2) is 6.29 Å². The van der Waals surface area contributed by atoms with Crippen LogP contribution in [0.15, 0.2) is 6.07 Å². The highest BCUT2D eigenvalue weighted by atomic mass is 16.1. The quantitative estimate of drug-likeness (QED) is 0.490. The van der Waals surface area contributed by atoms with Gasteiger partial charge in [-0.05, 0) is 32.3 Å². The first-order valence-electron chi connectivity index (χ1n) is 7.18. The van der Waals surface area contributed by atoms with Crippen molar-refractivity contribution in [2.75, 3.05) is 0 Å². The van der Waals surface area contributed by atoms with Gasteiger partial charge in [-0.15, -0.1) is 0 Å². The van der Waals surface area contributed by atoms with E-state index in [4.69, 9.17) is 0 Å². The summed E-state index contributed by atoms with van der Waals surface area (Å²) in [5, 5.41) is 0. The van der Waals surface area contributed by atoms with Crippen LogP contribution >= 0.6 is 0 Å². The maximum atomic E-state index is 10.9. The molecule has 0 aliphatic rings. The van der Waals surface area contributed by atoms with Crippen molar-refractivity contribution in [3.63, 3.8) is 0 Å². The Balaban J connectivity index is 2.31. The van der Waals surface area contributed by atoms with Gasteiger partial charge in [0.2, 0.25) is 0 Å². The van der Waals surface area contributed by atoms with E-state index in [0.29, 0.717) is 0 Å². The van der Waals surface area contributed by atoms with Gasteiger partial charge in [-0.1, -0.05) is 39.5 Å². The Morgan fingerprint density at radius 2 is 1.83 bits per heavy atom. The second-order valence-corrected chi connectivity index (χ2v) is 5.69. The molecule has 0 saturated carbocycles. The van der Waals surface area contributed by atoms with Crippen molar-refractivity contribution in [3.05, 3.63) is 23.0 Å². The molecular weight excluding hydrogens is 222 g/mol. The molecule has 1 aromatic rings. The van der Waals surface area contributed by atoms with Crippen LogP contribution < -0.4 is 0 Å². The summed E-state index contributed by atoms with van der Waals surface area (Å²) >= 11 is 0. The van der Waals surface area contributed by atoms with Gasteiger partial charge in [0, 0.05) is 23.5 Å². The van der Waals surface area contributed by atoms with E-state index in [1.165, 1.54) is 37.8 Å². The average molecular weight is 249 g/mol. The molecule has 0 spiro atoms. The van der Waals surface area contributed by atoms with Crippen molar-refractivity contribution in [3.8, 4) is 0 Å². The van der Waals surface area contributed by atoms with Crippen LogP contribution in [0.3, 0.4) is 0 Å². The number of unbranched alkanes of at least 4 members (excludes halogenated alkanes) is 3. The van der Waals surface area contributed by atoms with Gasteiger partial charge in [0.25, 0.3) is 0 Å². The summed E-state index contributed by atoms with van der Waals surface area (Å²) in [6.07, 6.45) is 7.49. The van der Waals surface area contributed by atoms with Gasteiger partial charge in [-0.25, -0.2) is 0 Å². The highest BCUT2D eigenvalue weighted by molar-refractivity contribution is 5.77. The monoisotopic (exact) mass is 249 g/mol. The molecule has 2 nitrogen and oxygen atoms in total. The van der Waals surface area contributed by atoms with E-state index in [2.05, 4.69) is 25.3 Å². The first kappa shape index (κ1) is 15.0. The van der Waals surface area contributed by atoms with Crippen molar-refractivity contribution < 1.29 is 4.79 Å². The van der Waals surface area contributed by atoms with Crippen LogP contribution in [-0.4, -0.2) is 10.9 Å². The predicted octanol–water partition coefficient (Wildman–Crippen LogP) is 4.52. The van der Waals surface area contributed by atoms with E-state index in [1.54, 1.807) is 0 Å². The Bertz CT molecular complexity index is 377. The molecule has 0 N–H and O–H groups in total. The number of carbonyl (C=O) groups excluding carboxylic acids is 1. The average Bonchev–Trinajstić information content (AvgIpc) is 2.59. The normalized spacial score (nSPS) is 11.2. The minimum Gasteiger partial charge on any atom is -0.348 e. The molecule has 0 atom stereocenters. The fourth-order valence-electron chi connectivity index (χ4n) is 2.47. The lowest BCUT2D eigenvalue weighted by Gasteiger charge is -2.09. The van der Waals surface area contributed by atoms with Gasteiger partial charge >= 0.3 is 0 Å². The molecule has 0 unspecified atom stereocenters. The van der Waals surface area contributed by atoms with Gasteiger partial charge in [0.1, 0.15) is 0 Å². The number of carbonyl (C=O) groups is 1. The number of hydrogen-bond donors (Lipinski definition) is 0. The lowest BCUT2D eigenvalue weighted by atomic mass is 10.0. The Kier molecular flexibility index (Phi) is 6.17. The Morgan fingerprint density at radius 1 is 1.17 bits per heavy atom. The Hall–Kier alpha value is -1.05. The highest BCUT2D eigenvalue weighted by Gasteiger charge is 2.07. The number of aldehydes is 1. The molecule has 0 amide bonds. The first-order valence-corrected chi connectivity index (χ1v) is 7.18. The Labute approximate surface area is 111 Å². The first-order chi connectivity index (χ1) is 8.56. The van der Waals surface area contributed by atoms with Crippen molar-refractivity contribution in [1.29, 1.82) is 0 Å². The lowest BCUT2D eigenvalue weighted by molar-refractivity contribution is 0.112. The molecule has 0 aliphatic carbocycles. The summed E-state index contributed by atoms with van der Waals surface area (Å²) in [6.45, 7) is 9.74. The molecule has 0 fully saturated rings. The summed E-state index contributed by atoms with van der Waals surface area (Å²) in [6, 6.07) is 1.99. The molecule has 0 saturated heterocycles. The zero-order chi connectivity index (χ0) is 13.5. The smallest absolute Gasteiger partial charge is 0.151 e. The van der Waals surface area contributed by atoms with Crippen molar-refractivity contribution in [2.45, 2.75) is 66.3 Å². The fourth-order valence-corrected chi connectivity index (χ4v) is 2.47. The summed E-state index contributed by atoms with van der Waals surface area (Å²) in [4.78, 5) is 10.9. The van der Waals surface area contributed by atoms with E-state index < -0.39 is 0 Å². The zero-order valence-corrected chi connectivity index (χ0v) is 12.3. The third-order valence-electron chi connectivity index (χ3n) is 3.65. The van der Waals surface area contributed by atoms with Crippen LogP contribution in [0, 0.1) is 19.8 Å². The number of rotatable bonds is 8. The molecule has 1 rings (SSSR count). The van der Waals surface area contributed by atoms with Crippen LogP contribution in [0.1, 0.15) is 67.7 Å². The zero-order valence-electron chi connectivity index (χ0n) is 12.3. The standard InChI is InChI=1S/C16H27NO/c1-13(2)9-7-5-6-8-10-17-14(3)11-16(12-18)15(17)4/h11-13H,5-10H2,1-4H3. The number of nitrogens with zero attached hydrogens (tertiary/aromatic N) is 1. The third kappa shape index (κ3) is 4.32. The molecule has 18 heavy (non-hydrogen) atoms. The molecule has 0 radical (unpaired) electrons. The van der Waals surface area contributed by atoms with Gasteiger partial charge in [-0.3, -0.25) is 4.79 Å². The summed E-state index contributed by atoms with van der Waals surface area (Å²) in [5.41, 5.74) is 3.16. The Morgan fingerprint density at radius 3 is 2.39 bits per heavy atom. The van der Waals surface area contributed by atoms with E-state index in [9.17, 15) is 4.79 Å². The topological polar surface area (TPSA) is 22.0 Å². The van der Waals surface area contributed by atoms with Crippen LogP contribution in [0.2, 0.25) is 0 Å². The van der Waals surface area contributed by atoms with E-state index in [1.807, 2.05) is 13.0 Å². The van der Waals surface area contributed by atoms with E-state index in [-0.39, 0.29) is 0 Å². The molecule has 102 valence electrons. The molecule has 0 bridgehead atoms. The van der Waals surface area contributed by atoms with Crippen molar-refractivity contribution in [1.82, 2.24) is 4.57 Å². The summed E-state index contributed by atoms with van der Waals surface area (Å²) in [5.74, 6) is 0.828. The van der Waals surface area contributed by atoms with Crippen LogP contribution in [-0.2, 0) is 6.54 Å². The van der Waals surface area contributed by atoms with Gasteiger partial charge < -0.3 is 4.57 Å². The molecule has 1 heterocycles. The minimum absolute atomic E-state index is 0.828. The van der Waals surface area contributed by atoms with E-state index >= 15 is 0 Å². The van der Waals surface area contributed by atoms with Crippen LogP contribution in [0.5, 0.6) is 0 Å². The van der Waals surface area contributed by atoms with Crippen molar-refractivity contribution >= 4 is 6.29 Å². The predicted molar refractivity (Wildman–Crippen MR) is 77.2 cm³/mol. The molecular formula is C16H27NO. The maximum absolute atomic E-state index is 10.9. The van der Waals surface area contributed by atoms with Gasteiger partial charge in [-0.2, -0.15) is 0 Å². The second-order valence-electron chi connectivity index (χ2n) is 5.69. The number of aryl methyl sites for hydroxylation is 1. The molecule has 0 aromatic carbocycles. The second kappa shape index (κ2) is 7.40. The van der Waals surface area contributed by atoms with E-state index in [0.717, 1.165) is 30.0 Å². The largest absolute Gasteiger partial charge is 0.348 e. The SMILES string of the molecule is Cc1cc(C=O)c(C)n1CCCCCCC(C)C. The number of aromatic nitrogens is 1. The van der Waals surface area contributed by atoms with Crippen LogP contribution in [0.4, 0.5) is 0 Å². The maximum Gasteiger partial charge on any atom is 0.151 e. The number of hydrogen-bond acceptors (Lipinski definition) is 1. The van der Waals surface area contributed by atoms with Gasteiger partial charge in [0.05, 0.1) is 0 Å².